The average molecular weight is 554 g/mol. The van der Waals surface area contributed by atoms with Crippen LogP contribution in [0.25, 0.3) is 11.8 Å². The summed E-state index contributed by atoms with van der Waals surface area (Å²) in [5, 5.41) is 4.60. The second-order valence-corrected chi connectivity index (χ2v) is 13.4. The first kappa shape index (κ1) is 27.7. The lowest BCUT2D eigenvalue weighted by Gasteiger charge is -2.45. The van der Waals surface area contributed by atoms with Crippen LogP contribution in [0.2, 0.25) is 0 Å². The number of ether oxygens (including phenoxy) is 2. The van der Waals surface area contributed by atoms with Crippen LogP contribution >= 0.6 is 0 Å². The molecule has 208 valence electrons. The van der Waals surface area contributed by atoms with Gasteiger partial charge in [0.15, 0.2) is 0 Å². The quantitative estimate of drug-likeness (QED) is 0.368. The van der Waals surface area contributed by atoms with E-state index in [0.29, 0.717) is 50.6 Å². The first-order valence-electron chi connectivity index (χ1n) is 13.2. The van der Waals surface area contributed by atoms with Crippen molar-refractivity contribution in [3.05, 3.63) is 82.9 Å². The standard InChI is InChI=1S/C30H36FN3O4S/c1-29(2,3)23-5-11-27(12-6-23)39(35,36)33-14-13-24-17-28-22(18-30(24,20-33)21-38-16-15-37-4)19-32-34(28)26-9-7-25(31)8-10-26/h5-12,17,19H,13-16,18,20-21H2,1-4H3/t30-/m1/s1. The molecular weight excluding hydrogens is 517 g/mol. The van der Waals surface area contributed by atoms with Crippen molar-refractivity contribution in [3.8, 4) is 5.69 Å². The minimum absolute atomic E-state index is 0.0606. The second kappa shape index (κ2) is 10.6. The summed E-state index contributed by atoms with van der Waals surface area (Å²) in [4.78, 5) is 0.305. The van der Waals surface area contributed by atoms with Gasteiger partial charge in [-0.05, 0) is 71.9 Å². The van der Waals surface area contributed by atoms with Gasteiger partial charge in [-0.3, -0.25) is 0 Å². The summed E-state index contributed by atoms with van der Waals surface area (Å²) < 4.78 is 55.8. The van der Waals surface area contributed by atoms with Crippen molar-refractivity contribution in [3.63, 3.8) is 0 Å². The van der Waals surface area contributed by atoms with E-state index in [9.17, 15) is 12.8 Å². The van der Waals surface area contributed by atoms with E-state index < -0.39 is 15.4 Å². The van der Waals surface area contributed by atoms with Crippen LogP contribution in [0.4, 0.5) is 4.39 Å². The zero-order chi connectivity index (χ0) is 27.8. The molecule has 7 nitrogen and oxygen atoms in total. The summed E-state index contributed by atoms with van der Waals surface area (Å²) in [7, 11) is -2.07. The van der Waals surface area contributed by atoms with E-state index in [0.717, 1.165) is 28.1 Å². The number of hydrogen-bond acceptors (Lipinski definition) is 5. The SMILES string of the molecule is COCCOC[C@]12Cc3cnn(-c4ccc(F)cc4)c3C=C1CCN(S(=O)(=O)c1ccc(C(C)(C)C)cc1)C2. The summed E-state index contributed by atoms with van der Waals surface area (Å²) in [5.41, 5.74) is 4.38. The third-order valence-electron chi connectivity index (χ3n) is 7.76. The number of fused-ring (bicyclic) bond motifs is 2. The number of methoxy groups -OCH3 is 1. The molecule has 2 aromatic carbocycles. The lowest BCUT2D eigenvalue weighted by atomic mass is 9.69. The fourth-order valence-corrected chi connectivity index (χ4v) is 7.03. The van der Waals surface area contributed by atoms with Crippen molar-refractivity contribution in [1.29, 1.82) is 0 Å². The highest BCUT2D eigenvalue weighted by Gasteiger charge is 2.46. The van der Waals surface area contributed by atoms with Crippen LogP contribution in [0.3, 0.4) is 0 Å². The van der Waals surface area contributed by atoms with Gasteiger partial charge in [-0.25, -0.2) is 17.5 Å². The molecule has 0 saturated carbocycles. The van der Waals surface area contributed by atoms with E-state index in [1.807, 2.05) is 23.0 Å². The van der Waals surface area contributed by atoms with Crippen LogP contribution < -0.4 is 0 Å². The molecule has 0 N–H and O–H groups in total. The van der Waals surface area contributed by atoms with Crippen LogP contribution in [0.1, 0.15) is 44.0 Å². The van der Waals surface area contributed by atoms with Crippen molar-refractivity contribution in [1.82, 2.24) is 14.1 Å². The molecule has 0 radical (unpaired) electrons. The van der Waals surface area contributed by atoms with Gasteiger partial charge in [0.2, 0.25) is 10.0 Å². The van der Waals surface area contributed by atoms with Gasteiger partial charge in [-0.15, -0.1) is 0 Å². The maximum absolute atomic E-state index is 13.8. The van der Waals surface area contributed by atoms with Crippen LogP contribution in [0.15, 0.2) is 65.2 Å². The molecule has 1 saturated heterocycles. The lowest BCUT2D eigenvalue weighted by molar-refractivity contribution is 0.0147. The topological polar surface area (TPSA) is 73.7 Å². The molecular formula is C30H36FN3O4S. The van der Waals surface area contributed by atoms with E-state index >= 15 is 0 Å². The van der Waals surface area contributed by atoms with Crippen LogP contribution in [0.5, 0.6) is 0 Å². The zero-order valence-electron chi connectivity index (χ0n) is 23.0. The predicted octanol–water partition coefficient (Wildman–Crippen LogP) is 4.99. The highest BCUT2D eigenvalue weighted by molar-refractivity contribution is 7.89. The highest BCUT2D eigenvalue weighted by atomic mass is 32.2. The van der Waals surface area contributed by atoms with Crippen molar-refractivity contribution < 1.29 is 22.3 Å². The summed E-state index contributed by atoms with van der Waals surface area (Å²) in [6.45, 7) is 8.29. The molecule has 1 aliphatic carbocycles. The zero-order valence-corrected chi connectivity index (χ0v) is 23.8. The van der Waals surface area contributed by atoms with Crippen molar-refractivity contribution in [2.24, 2.45) is 5.41 Å². The molecule has 39 heavy (non-hydrogen) atoms. The van der Waals surface area contributed by atoms with E-state index in [1.165, 1.54) is 12.1 Å². The molecule has 0 bridgehead atoms. The Hall–Kier alpha value is -2.85. The molecule has 0 unspecified atom stereocenters. The van der Waals surface area contributed by atoms with E-state index in [1.54, 1.807) is 35.7 Å². The van der Waals surface area contributed by atoms with Crippen LogP contribution in [-0.2, 0) is 31.3 Å². The molecule has 3 aromatic rings. The first-order valence-corrected chi connectivity index (χ1v) is 14.7. The van der Waals surface area contributed by atoms with Gasteiger partial charge in [0, 0.05) is 25.6 Å². The fourth-order valence-electron chi connectivity index (χ4n) is 5.50. The third-order valence-corrected chi connectivity index (χ3v) is 9.62. The Morgan fingerprint density at radius 3 is 2.44 bits per heavy atom. The number of halogens is 1. The highest BCUT2D eigenvalue weighted by Crippen LogP contribution is 2.45. The van der Waals surface area contributed by atoms with Crippen molar-refractivity contribution >= 4 is 16.1 Å². The Morgan fingerprint density at radius 2 is 1.77 bits per heavy atom. The van der Waals surface area contributed by atoms with Gasteiger partial charge in [-0.1, -0.05) is 38.5 Å². The molecule has 2 heterocycles. The number of benzene rings is 2. The Morgan fingerprint density at radius 1 is 1.05 bits per heavy atom. The molecule has 1 fully saturated rings. The number of sulfonamides is 1. The summed E-state index contributed by atoms with van der Waals surface area (Å²) in [6.07, 6.45) is 5.12. The predicted molar refractivity (Wildman–Crippen MR) is 149 cm³/mol. The van der Waals surface area contributed by atoms with Gasteiger partial charge in [0.1, 0.15) is 5.82 Å². The number of nitrogens with zero attached hydrogens (tertiary/aromatic N) is 3. The molecule has 2 aliphatic rings. The molecule has 1 atom stereocenters. The minimum Gasteiger partial charge on any atom is -0.382 e. The summed E-state index contributed by atoms with van der Waals surface area (Å²) >= 11 is 0. The van der Waals surface area contributed by atoms with Crippen molar-refractivity contribution in [2.45, 2.75) is 43.9 Å². The Balaban J connectivity index is 1.47. The van der Waals surface area contributed by atoms with E-state index in [2.05, 4.69) is 31.9 Å². The fraction of sp³-hybridized carbons (Fsp3) is 0.433. The summed E-state index contributed by atoms with van der Waals surface area (Å²) in [6, 6.07) is 13.5. The van der Waals surface area contributed by atoms with Gasteiger partial charge < -0.3 is 9.47 Å². The second-order valence-electron chi connectivity index (χ2n) is 11.5. The molecule has 0 spiro atoms. The number of aromatic nitrogens is 2. The van der Waals surface area contributed by atoms with Crippen LogP contribution in [-0.4, -0.2) is 62.5 Å². The van der Waals surface area contributed by atoms with Gasteiger partial charge in [-0.2, -0.15) is 9.40 Å². The van der Waals surface area contributed by atoms with Crippen LogP contribution in [0, 0.1) is 11.2 Å². The Kier molecular flexibility index (Phi) is 7.54. The van der Waals surface area contributed by atoms with Gasteiger partial charge in [0.25, 0.3) is 0 Å². The monoisotopic (exact) mass is 553 g/mol. The largest absolute Gasteiger partial charge is 0.382 e. The van der Waals surface area contributed by atoms with Gasteiger partial charge in [0.05, 0.1) is 42.3 Å². The molecule has 0 amide bonds. The average Bonchev–Trinajstić information content (AvgIpc) is 3.31. The number of piperidine rings is 1. The maximum Gasteiger partial charge on any atom is 0.243 e. The molecule has 9 heteroatoms. The maximum atomic E-state index is 13.8. The van der Waals surface area contributed by atoms with Crippen molar-refractivity contribution in [2.75, 3.05) is 40.0 Å². The van der Waals surface area contributed by atoms with E-state index in [-0.39, 0.29) is 11.2 Å². The lowest BCUT2D eigenvalue weighted by Crippen LogP contribution is -2.51. The van der Waals surface area contributed by atoms with E-state index in [4.69, 9.17) is 9.47 Å². The Bertz CT molecular complexity index is 1460. The smallest absolute Gasteiger partial charge is 0.243 e. The normalized spacial score (nSPS) is 19.9. The summed E-state index contributed by atoms with van der Waals surface area (Å²) in [5.74, 6) is -0.299. The number of hydrogen-bond donors (Lipinski definition) is 0. The molecule has 1 aromatic heterocycles. The third kappa shape index (κ3) is 5.45. The minimum atomic E-state index is -3.70. The van der Waals surface area contributed by atoms with Gasteiger partial charge >= 0.3 is 0 Å². The Labute approximate surface area is 230 Å². The molecule has 5 rings (SSSR count). The molecule has 1 aliphatic heterocycles. The first-order chi connectivity index (χ1) is 18.5. The number of rotatable bonds is 8.